The molecule has 0 aliphatic heterocycles. The molecular formula is C23H15F3N4O2S. The molecule has 0 atom stereocenters. The fourth-order valence-corrected chi connectivity index (χ4v) is 4.59. The molecule has 10 heteroatoms. The van der Waals surface area contributed by atoms with E-state index in [1.807, 2.05) is 6.07 Å². The number of nitrogens with zero attached hydrogens (tertiary/aromatic N) is 2. The van der Waals surface area contributed by atoms with Crippen LogP contribution in [0.1, 0.15) is 26.4 Å². The molecule has 0 aliphatic rings. The van der Waals surface area contributed by atoms with Crippen LogP contribution in [0.25, 0.3) is 21.3 Å². The molecule has 0 saturated heterocycles. The summed E-state index contributed by atoms with van der Waals surface area (Å²) in [5, 5.41) is 10.1. The van der Waals surface area contributed by atoms with Crippen LogP contribution in [0, 0.1) is 11.3 Å². The maximum absolute atomic E-state index is 13.1. The SMILES string of the molecule is COc1ccccc1-c1c(C#N)c(N)nc2sc(C(=O)c3ccc(C(F)(F)F)cc3)c(N)c12. The summed E-state index contributed by atoms with van der Waals surface area (Å²) in [4.78, 5) is 17.8. The average molecular weight is 468 g/mol. The highest BCUT2D eigenvalue weighted by Gasteiger charge is 2.31. The third-order valence-corrected chi connectivity index (χ3v) is 6.17. The lowest BCUT2D eigenvalue weighted by molar-refractivity contribution is -0.137. The number of benzene rings is 2. The van der Waals surface area contributed by atoms with Crippen molar-refractivity contribution >= 4 is 38.8 Å². The van der Waals surface area contributed by atoms with Gasteiger partial charge in [0.25, 0.3) is 0 Å². The number of carbonyl (C=O) groups excluding carboxylic acids is 1. The van der Waals surface area contributed by atoms with Gasteiger partial charge in [-0.1, -0.05) is 30.3 Å². The van der Waals surface area contributed by atoms with Crippen LogP contribution < -0.4 is 16.2 Å². The van der Waals surface area contributed by atoms with Gasteiger partial charge in [-0.05, 0) is 18.2 Å². The van der Waals surface area contributed by atoms with Gasteiger partial charge in [0, 0.05) is 22.1 Å². The van der Waals surface area contributed by atoms with Crippen LogP contribution in [0.5, 0.6) is 5.75 Å². The van der Waals surface area contributed by atoms with Gasteiger partial charge in [-0.15, -0.1) is 11.3 Å². The smallest absolute Gasteiger partial charge is 0.416 e. The lowest BCUT2D eigenvalue weighted by Crippen LogP contribution is -2.07. The Labute approximate surface area is 189 Å². The third kappa shape index (κ3) is 3.72. The normalized spacial score (nSPS) is 11.4. The monoisotopic (exact) mass is 468 g/mol. The molecule has 6 nitrogen and oxygen atoms in total. The highest BCUT2D eigenvalue weighted by molar-refractivity contribution is 7.21. The highest BCUT2D eigenvalue weighted by atomic mass is 32.1. The maximum atomic E-state index is 13.1. The fourth-order valence-electron chi connectivity index (χ4n) is 3.51. The molecule has 4 N–H and O–H groups in total. The first-order valence-corrected chi connectivity index (χ1v) is 10.3. The van der Waals surface area contributed by atoms with E-state index in [1.54, 1.807) is 24.3 Å². The van der Waals surface area contributed by atoms with Gasteiger partial charge in [0.1, 0.15) is 32.9 Å². The number of nitrogen functional groups attached to an aromatic ring is 2. The summed E-state index contributed by atoms with van der Waals surface area (Å²) in [6.45, 7) is 0. The molecule has 2 aromatic heterocycles. The molecule has 0 saturated carbocycles. The number of carbonyl (C=O) groups is 1. The first-order chi connectivity index (χ1) is 15.7. The van der Waals surface area contributed by atoms with Gasteiger partial charge in [-0.2, -0.15) is 18.4 Å². The van der Waals surface area contributed by atoms with Gasteiger partial charge in [-0.3, -0.25) is 4.79 Å². The number of anilines is 2. The highest BCUT2D eigenvalue weighted by Crippen LogP contribution is 2.45. The molecule has 0 radical (unpaired) electrons. The van der Waals surface area contributed by atoms with Crippen molar-refractivity contribution in [2.24, 2.45) is 0 Å². The second-order valence-corrected chi connectivity index (χ2v) is 7.99. The topological polar surface area (TPSA) is 115 Å². The molecule has 4 rings (SSSR count). The molecule has 2 aromatic carbocycles. The Morgan fingerprint density at radius 2 is 1.79 bits per heavy atom. The van der Waals surface area contributed by atoms with Crippen LogP contribution in [0.15, 0.2) is 48.5 Å². The van der Waals surface area contributed by atoms with E-state index >= 15 is 0 Å². The van der Waals surface area contributed by atoms with Crippen LogP contribution in [0.3, 0.4) is 0 Å². The molecular weight excluding hydrogens is 453 g/mol. The zero-order chi connectivity index (χ0) is 23.9. The Bertz CT molecular complexity index is 1440. The predicted molar refractivity (Wildman–Crippen MR) is 120 cm³/mol. The predicted octanol–water partition coefficient (Wildman–Crippen LogP) is 5.26. The number of rotatable bonds is 4. The first-order valence-electron chi connectivity index (χ1n) is 9.44. The number of ether oxygens (including phenoxy) is 1. The second kappa shape index (κ2) is 8.11. The van der Waals surface area contributed by atoms with Gasteiger partial charge in [0.15, 0.2) is 0 Å². The Kier molecular flexibility index (Phi) is 5.43. The first kappa shape index (κ1) is 22.1. The quantitative estimate of drug-likeness (QED) is 0.395. The summed E-state index contributed by atoms with van der Waals surface area (Å²) >= 11 is 0.954. The summed E-state index contributed by atoms with van der Waals surface area (Å²) in [6.07, 6.45) is -4.52. The van der Waals surface area contributed by atoms with Crippen molar-refractivity contribution in [1.82, 2.24) is 4.98 Å². The van der Waals surface area contributed by atoms with Crippen molar-refractivity contribution in [3.8, 4) is 22.9 Å². The number of ketones is 1. The van der Waals surface area contributed by atoms with E-state index in [9.17, 15) is 23.2 Å². The molecule has 4 aromatic rings. The maximum Gasteiger partial charge on any atom is 0.416 e. The Balaban J connectivity index is 1.94. The van der Waals surface area contributed by atoms with E-state index in [1.165, 1.54) is 7.11 Å². The molecule has 0 fully saturated rings. The molecule has 166 valence electrons. The molecule has 0 aliphatic carbocycles. The molecule has 0 bridgehead atoms. The van der Waals surface area contributed by atoms with E-state index < -0.39 is 17.5 Å². The number of nitriles is 1. The number of alkyl halides is 3. The largest absolute Gasteiger partial charge is 0.496 e. The Hall–Kier alpha value is -4.10. The Morgan fingerprint density at radius 1 is 1.12 bits per heavy atom. The van der Waals surface area contributed by atoms with Crippen molar-refractivity contribution in [1.29, 1.82) is 5.26 Å². The molecule has 33 heavy (non-hydrogen) atoms. The standard InChI is InChI=1S/C23H15F3N4O2S/c1-32-15-5-3-2-4-13(15)16-14(10-27)21(29)30-22-17(16)18(28)20(33-22)19(31)11-6-8-12(9-7-11)23(24,25)26/h2-9H,28H2,1H3,(H2,29,30). The zero-order valence-electron chi connectivity index (χ0n) is 17.0. The lowest BCUT2D eigenvalue weighted by atomic mass is 9.96. The van der Waals surface area contributed by atoms with Crippen LogP contribution in [0.4, 0.5) is 24.7 Å². The number of para-hydroxylation sites is 1. The molecule has 2 heterocycles. The van der Waals surface area contributed by atoms with Crippen molar-refractivity contribution < 1.29 is 22.7 Å². The number of nitrogens with two attached hydrogens (primary N) is 2. The molecule has 0 amide bonds. The van der Waals surface area contributed by atoms with Gasteiger partial charge < -0.3 is 16.2 Å². The van der Waals surface area contributed by atoms with E-state index in [4.69, 9.17) is 16.2 Å². The summed E-state index contributed by atoms with van der Waals surface area (Å²) < 4.78 is 44.0. The summed E-state index contributed by atoms with van der Waals surface area (Å²) in [7, 11) is 1.48. The number of halogens is 3. The summed E-state index contributed by atoms with van der Waals surface area (Å²) in [5.41, 5.74) is 12.6. The van der Waals surface area contributed by atoms with Gasteiger partial charge in [-0.25, -0.2) is 4.98 Å². The molecule has 0 spiro atoms. The minimum absolute atomic E-state index is 0.0357. The van der Waals surface area contributed by atoms with Gasteiger partial charge in [0.05, 0.1) is 18.4 Å². The van der Waals surface area contributed by atoms with Gasteiger partial charge in [0.2, 0.25) is 5.78 Å². The van der Waals surface area contributed by atoms with Crippen molar-refractivity contribution in [2.45, 2.75) is 6.18 Å². The number of hydrogen-bond donors (Lipinski definition) is 2. The number of hydrogen-bond acceptors (Lipinski definition) is 7. The van der Waals surface area contributed by atoms with Crippen molar-refractivity contribution in [2.75, 3.05) is 18.6 Å². The lowest BCUT2D eigenvalue weighted by Gasteiger charge is -2.13. The average Bonchev–Trinajstić information content (AvgIpc) is 3.12. The van der Waals surface area contributed by atoms with E-state index in [2.05, 4.69) is 4.98 Å². The number of thiophene rings is 1. The van der Waals surface area contributed by atoms with Crippen LogP contribution in [-0.2, 0) is 6.18 Å². The van der Waals surface area contributed by atoms with Gasteiger partial charge >= 0.3 is 6.18 Å². The van der Waals surface area contributed by atoms with E-state index in [-0.39, 0.29) is 27.5 Å². The second-order valence-electron chi connectivity index (χ2n) is 6.99. The number of methoxy groups -OCH3 is 1. The third-order valence-electron chi connectivity index (χ3n) is 5.07. The fraction of sp³-hybridized carbons (Fsp3) is 0.0870. The number of pyridine rings is 1. The van der Waals surface area contributed by atoms with Crippen LogP contribution >= 0.6 is 11.3 Å². The summed E-state index contributed by atoms with van der Waals surface area (Å²) in [6, 6.07) is 12.8. The van der Waals surface area contributed by atoms with E-state index in [0.717, 1.165) is 35.6 Å². The number of aromatic nitrogens is 1. The Morgan fingerprint density at radius 3 is 2.39 bits per heavy atom. The minimum Gasteiger partial charge on any atom is -0.496 e. The zero-order valence-corrected chi connectivity index (χ0v) is 17.8. The van der Waals surface area contributed by atoms with Crippen molar-refractivity contribution in [3.63, 3.8) is 0 Å². The number of fused-ring (bicyclic) bond motifs is 1. The van der Waals surface area contributed by atoms with Crippen LogP contribution in [0.2, 0.25) is 0 Å². The van der Waals surface area contributed by atoms with E-state index in [0.29, 0.717) is 27.1 Å². The van der Waals surface area contributed by atoms with Crippen LogP contribution in [-0.4, -0.2) is 17.9 Å². The minimum atomic E-state index is -4.52. The van der Waals surface area contributed by atoms with Crippen molar-refractivity contribution in [3.05, 3.63) is 70.1 Å². The summed E-state index contributed by atoms with van der Waals surface area (Å²) in [5.74, 6) is -0.143. The molecule has 0 unspecified atom stereocenters.